The second-order valence-electron chi connectivity index (χ2n) is 13.3. The topological polar surface area (TPSA) is 135 Å². The van der Waals surface area contributed by atoms with Crippen LogP contribution in [-0.2, 0) is 33.4 Å². The largest absolute Gasteiger partial charge is 0.455 e. The van der Waals surface area contributed by atoms with E-state index < -0.39 is 53.2 Å². The third-order valence-corrected chi connectivity index (χ3v) is 9.26. The molecule has 3 aliphatic heterocycles. The molecule has 1 spiro atoms. The molecule has 46 heavy (non-hydrogen) atoms. The van der Waals surface area contributed by atoms with E-state index in [9.17, 15) is 24.3 Å². The van der Waals surface area contributed by atoms with Crippen LogP contribution in [0.3, 0.4) is 0 Å². The van der Waals surface area contributed by atoms with Gasteiger partial charge in [0.15, 0.2) is 0 Å². The highest BCUT2D eigenvalue weighted by atomic mass is 16.6. The molecule has 3 fully saturated rings. The maximum atomic E-state index is 14.4. The highest BCUT2D eigenvalue weighted by Crippen LogP contribution is 2.59. The Labute approximate surface area is 271 Å². The molecule has 4 rings (SSSR count). The molecular weight excluding hydrogens is 590 g/mol. The molecule has 3 aliphatic rings. The second kappa shape index (κ2) is 14.9. The van der Waals surface area contributed by atoms with Crippen molar-refractivity contribution in [3.8, 4) is 0 Å². The fourth-order valence-electron chi connectivity index (χ4n) is 7.28. The summed E-state index contributed by atoms with van der Waals surface area (Å²) >= 11 is 0. The number of likely N-dealkylation sites (tertiary alicyclic amines) is 1. The first-order valence-corrected chi connectivity index (χ1v) is 16.1. The van der Waals surface area contributed by atoms with E-state index in [0.29, 0.717) is 24.8 Å². The van der Waals surface area contributed by atoms with Crippen LogP contribution in [0.5, 0.6) is 0 Å². The summed E-state index contributed by atoms with van der Waals surface area (Å²) in [4.78, 5) is 58.8. The minimum Gasteiger partial charge on any atom is -0.455 e. The van der Waals surface area contributed by atoms with Crippen LogP contribution in [0, 0.1) is 11.8 Å². The molecule has 7 atom stereocenters. The van der Waals surface area contributed by atoms with Gasteiger partial charge >= 0.3 is 5.97 Å². The molecule has 3 heterocycles. The lowest BCUT2D eigenvalue weighted by Gasteiger charge is -2.42. The van der Waals surface area contributed by atoms with E-state index >= 15 is 0 Å². The number of rotatable bonds is 16. The number of carbonyl (C=O) groups excluding carboxylic acids is 4. The minimum absolute atomic E-state index is 0.0705. The number of allylic oxidation sites excluding steroid dienone is 1. The number of hydrogen-bond donors (Lipinski definition) is 2. The third-order valence-electron chi connectivity index (χ3n) is 9.26. The van der Waals surface area contributed by atoms with Crippen molar-refractivity contribution in [2.75, 3.05) is 33.4 Å². The Morgan fingerprint density at radius 2 is 1.93 bits per heavy atom. The van der Waals surface area contributed by atoms with Gasteiger partial charge in [-0.15, -0.1) is 13.2 Å². The molecule has 1 aromatic carbocycles. The van der Waals surface area contributed by atoms with Crippen molar-refractivity contribution in [2.24, 2.45) is 11.8 Å². The van der Waals surface area contributed by atoms with Crippen molar-refractivity contribution in [3.05, 3.63) is 61.2 Å². The molecule has 0 aromatic heterocycles. The molecular formula is C35H49N3O8. The summed E-state index contributed by atoms with van der Waals surface area (Å²) in [5, 5.41) is 12.6. The van der Waals surface area contributed by atoms with E-state index in [4.69, 9.17) is 14.2 Å². The summed E-state index contributed by atoms with van der Waals surface area (Å²) in [6.45, 7) is 13.6. The van der Waals surface area contributed by atoms with Crippen molar-refractivity contribution in [3.63, 3.8) is 0 Å². The molecule has 0 radical (unpaired) electrons. The number of methoxy groups -OCH3 is 1. The summed E-state index contributed by atoms with van der Waals surface area (Å²) in [5.74, 6) is -3.39. The van der Waals surface area contributed by atoms with E-state index in [-0.39, 0.29) is 56.9 Å². The Morgan fingerprint density at radius 3 is 2.54 bits per heavy atom. The van der Waals surface area contributed by atoms with Gasteiger partial charge < -0.3 is 34.4 Å². The maximum absolute atomic E-state index is 14.4. The third kappa shape index (κ3) is 6.91. The second-order valence-corrected chi connectivity index (χ2v) is 13.3. The van der Waals surface area contributed by atoms with Crippen LogP contribution < -0.4 is 5.32 Å². The number of ether oxygens (including phenoxy) is 3. The lowest BCUT2D eigenvalue weighted by atomic mass is 9.70. The highest BCUT2D eigenvalue weighted by Gasteiger charge is 2.75. The van der Waals surface area contributed by atoms with Gasteiger partial charge in [0.05, 0.1) is 30.6 Å². The Balaban J connectivity index is 1.69. The zero-order valence-electron chi connectivity index (χ0n) is 27.5. The lowest BCUT2D eigenvalue weighted by Crippen LogP contribution is -2.60. The summed E-state index contributed by atoms with van der Waals surface area (Å²) < 4.78 is 18.3. The first-order valence-electron chi connectivity index (χ1n) is 16.1. The van der Waals surface area contributed by atoms with Crippen LogP contribution in [0.4, 0.5) is 0 Å². The van der Waals surface area contributed by atoms with Crippen molar-refractivity contribution in [1.29, 1.82) is 0 Å². The van der Waals surface area contributed by atoms with Crippen LogP contribution in [0.1, 0.15) is 64.5 Å². The van der Waals surface area contributed by atoms with Crippen LogP contribution >= 0.6 is 0 Å². The van der Waals surface area contributed by atoms with Gasteiger partial charge in [0.2, 0.25) is 17.7 Å². The van der Waals surface area contributed by atoms with Crippen LogP contribution in [0.2, 0.25) is 0 Å². The number of aliphatic hydroxyl groups is 1. The number of esters is 1. The van der Waals surface area contributed by atoms with Crippen molar-refractivity contribution in [1.82, 2.24) is 15.1 Å². The SMILES string of the molecule is C=CCCC(=O)N[C@@H](COC)[C@@H](OC(=O)[C@@H]1[C@H]2C(=O)N(CCCO)[C@H](C(=O)N(CC=C)C(C)(C)C)[C@]23CC[C@H]1O3)c1ccccc1. The Morgan fingerprint density at radius 1 is 1.22 bits per heavy atom. The maximum Gasteiger partial charge on any atom is 0.313 e. The summed E-state index contributed by atoms with van der Waals surface area (Å²) in [6, 6.07) is 7.41. The van der Waals surface area contributed by atoms with Gasteiger partial charge in [0, 0.05) is 38.8 Å². The fraction of sp³-hybridized carbons (Fsp3) is 0.600. The average molecular weight is 640 g/mol. The molecule has 3 amide bonds. The number of nitrogens with zero attached hydrogens (tertiary/aromatic N) is 2. The van der Waals surface area contributed by atoms with Crippen LogP contribution in [0.15, 0.2) is 55.6 Å². The van der Waals surface area contributed by atoms with Gasteiger partial charge in [-0.1, -0.05) is 42.5 Å². The molecule has 0 unspecified atom stereocenters. The predicted octanol–water partition coefficient (Wildman–Crippen LogP) is 2.94. The first kappa shape index (κ1) is 35.3. The molecule has 252 valence electrons. The quantitative estimate of drug-likeness (QED) is 0.208. The standard InChI is InChI=1S/C35H49N3O8/c1-7-9-16-26(40)36-24(22-44-6)29(23-14-11-10-12-15-23)45-33(43)27-25-17-18-35(46-25)28(27)31(41)37(20-13-21-39)30(35)32(42)38(19-8-2)34(3,4)5/h7-8,10-12,14-15,24-25,27-30,39H,1-2,9,13,16-22H2,3-6H3,(H,36,40)/t24-,25+,27-,28-,29-,30+,35-/m0/s1. The zero-order chi connectivity index (χ0) is 33.6. The Kier molecular flexibility index (Phi) is 11.5. The van der Waals surface area contributed by atoms with Gasteiger partial charge in [-0.3, -0.25) is 19.2 Å². The number of benzene rings is 1. The average Bonchev–Trinajstić information content (AvgIpc) is 3.67. The number of fused-ring (bicyclic) bond motifs is 1. The highest BCUT2D eigenvalue weighted by molar-refractivity contribution is 5.98. The normalized spacial score (nSPS) is 26.3. The molecule has 0 aliphatic carbocycles. The first-order chi connectivity index (χ1) is 21.9. The molecule has 11 nitrogen and oxygen atoms in total. The van der Waals surface area contributed by atoms with E-state index in [1.54, 1.807) is 17.1 Å². The Hall–Kier alpha value is -3.54. The zero-order valence-corrected chi connectivity index (χ0v) is 27.5. The van der Waals surface area contributed by atoms with Gasteiger partial charge in [-0.2, -0.15) is 0 Å². The number of amides is 3. The van der Waals surface area contributed by atoms with Crippen molar-refractivity contribution < 1.29 is 38.5 Å². The Bertz CT molecular complexity index is 1280. The van der Waals surface area contributed by atoms with E-state index in [1.807, 2.05) is 51.1 Å². The molecule has 2 N–H and O–H groups in total. The summed E-state index contributed by atoms with van der Waals surface area (Å²) in [5.41, 5.74) is -1.13. The number of carbonyl (C=O) groups is 4. The smallest absolute Gasteiger partial charge is 0.313 e. The number of hydrogen-bond acceptors (Lipinski definition) is 8. The van der Waals surface area contributed by atoms with Crippen molar-refractivity contribution >= 4 is 23.7 Å². The minimum atomic E-state index is -1.21. The van der Waals surface area contributed by atoms with Gasteiger partial charge in [0.1, 0.15) is 17.7 Å². The number of aliphatic hydroxyl groups excluding tert-OH is 1. The summed E-state index contributed by atoms with van der Waals surface area (Å²) in [6.07, 6.45) is 3.66. The molecule has 2 bridgehead atoms. The van der Waals surface area contributed by atoms with Gasteiger partial charge in [0.25, 0.3) is 0 Å². The lowest BCUT2D eigenvalue weighted by molar-refractivity contribution is -0.163. The van der Waals surface area contributed by atoms with Gasteiger partial charge in [-0.05, 0) is 52.0 Å². The molecule has 11 heteroatoms. The van der Waals surface area contributed by atoms with E-state index in [2.05, 4.69) is 18.5 Å². The monoisotopic (exact) mass is 639 g/mol. The van der Waals surface area contributed by atoms with Crippen LogP contribution in [0.25, 0.3) is 0 Å². The van der Waals surface area contributed by atoms with E-state index in [0.717, 1.165) is 0 Å². The number of nitrogens with one attached hydrogen (secondary N) is 1. The molecule has 1 aromatic rings. The van der Waals surface area contributed by atoms with E-state index in [1.165, 1.54) is 12.0 Å². The molecule has 0 saturated carbocycles. The fourth-order valence-corrected chi connectivity index (χ4v) is 7.28. The molecule has 3 saturated heterocycles. The predicted molar refractivity (Wildman–Crippen MR) is 171 cm³/mol. The van der Waals surface area contributed by atoms with Crippen LogP contribution in [-0.4, -0.2) is 101 Å². The summed E-state index contributed by atoms with van der Waals surface area (Å²) in [7, 11) is 1.50. The van der Waals surface area contributed by atoms with Crippen molar-refractivity contribution in [2.45, 2.75) is 88.3 Å². The van der Waals surface area contributed by atoms with Gasteiger partial charge in [-0.25, -0.2) is 0 Å².